The van der Waals surface area contributed by atoms with Gasteiger partial charge >= 0.3 is 0 Å². The molecule has 1 aromatic rings. The molecule has 1 aliphatic carbocycles. The van der Waals surface area contributed by atoms with Crippen LogP contribution in [0.1, 0.15) is 31.4 Å². The van der Waals surface area contributed by atoms with Gasteiger partial charge in [0, 0.05) is 24.2 Å². The quantitative estimate of drug-likeness (QED) is 0.821. The van der Waals surface area contributed by atoms with Crippen molar-refractivity contribution in [1.29, 1.82) is 0 Å². The minimum absolute atomic E-state index is 0.0758. The smallest absolute Gasteiger partial charge is 0.124 e. The van der Waals surface area contributed by atoms with E-state index in [1.54, 1.807) is 12.1 Å². The Morgan fingerprint density at radius 1 is 1.47 bits per heavy atom. The van der Waals surface area contributed by atoms with Crippen molar-refractivity contribution in [1.82, 2.24) is 10.2 Å². The number of hydrogen-bond donors (Lipinski definition) is 1. The number of likely N-dealkylation sites (N-methyl/N-ethyl adjacent to an activating group) is 1. The molecule has 0 radical (unpaired) electrons. The van der Waals surface area contributed by atoms with E-state index in [4.69, 9.17) is 4.74 Å². The SMILES string of the molecule is CNC(C)c1cc(F)ccc1OCCN(C)C1CC1. The molecule has 1 fully saturated rings. The number of nitrogens with one attached hydrogen (secondary N) is 1. The predicted molar refractivity (Wildman–Crippen MR) is 75.0 cm³/mol. The molecule has 0 spiro atoms. The molecule has 0 amide bonds. The molecule has 1 N–H and O–H groups in total. The van der Waals surface area contributed by atoms with Crippen molar-refractivity contribution in [3.8, 4) is 5.75 Å². The van der Waals surface area contributed by atoms with Gasteiger partial charge in [0.15, 0.2) is 0 Å². The molecule has 2 rings (SSSR count). The molecule has 4 heteroatoms. The van der Waals surface area contributed by atoms with Crippen molar-refractivity contribution in [2.75, 3.05) is 27.2 Å². The molecular weight excluding hydrogens is 243 g/mol. The first-order valence-corrected chi connectivity index (χ1v) is 6.91. The van der Waals surface area contributed by atoms with E-state index < -0.39 is 0 Å². The Morgan fingerprint density at radius 3 is 2.84 bits per heavy atom. The van der Waals surface area contributed by atoms with Gasteiger partial charge in [0.25, 0.3) is 0 Å². The van der Waals surface area contributed by atoms with Crippen LogP contribution in [0.15, 0.2) is 18.2 Å². The summed E-state index contributed by atoms with van der Waals surface area (Å²) in [4.78, 5) is 2.32. The van der Waals surface area contributed by atoms with Gasteiger partial charge in [-0.1, -0.05) is 0 Å². The van der Waals surface area contributed by atoms with Crippen molar-refractivity contribution in [3.05, 3.63) is 29.6 Å². The van der Waals surface area contributed by atoms with Crippen LogP contribution in [0.25, 0.3) is 0 Å². The highest BCUT2D eigenvalue weighted by Crippen LogP contribution is 2.27. The summed E-state index contributed by atoms with van der Waals surface area (Å²) in [6.45, 7) is 3.55. The Morgan fingerprint density at radius 2 is 2.21 bits per heavy atom. The van der Waals surface area contributed by atoms with E-state index in [1.807, 2.05) is 14.0 Å². The van der Waals surface area contributed by atoms with Crippen LogP contribution in [-0.2, 0) is 0 Å². The van der Waals surface area contributed by atoms with E-state index >= 15 is 0 Å². The lowest BCUT2D eigenvalue weighted by atomic mass is 10.1. The molecule has 1 unspecified atom stereocenters. The van der Waals surface area contributed by atoms with Crippen LogP contribution in [0.3, 0.4) is 0 Å². The van der Waals surface area contributed by atoms with E-state index in [9.17, 15) is 4.39 Å². The third-order valence-corrected chi connectivity index (χ3v) is 3.74. The van der Waals surface area contributed by atoms with Crippen molar-refractivity contribution in [2.45, 2.75) is 31.8 Å². The third kappa shape index (κ3) is 3.91. The summed E-state index contributed by atoms with van der Waals surface area (Å²) in [6.07, 6.45) is 2.60. The molecule has 1 saturated carbocycles. The first-order chi connectivity index (χ1) is 9.11. The second kappa shape index (κ2) is 6.35. The average molecular weight is 266 g/mol. The van der Waals surface area contributed by atoms with E-state index in [0.29, 0.717) is 6.61 Å². The summed E-state index contributed by atoms with van der Waals surface area (Å²) >= 11 is 0. The minimum Gasteiger partial charge on any atom is -0.492 e. The number of hydrogen-bond acceptors (Lipinski definition) is 3. The molecular formula is C15H23FN2O. The molecule has 0 aromatic heterocycles. The van der Waals surface area contributed by atoms with Gasteiger partial charge in [-0.2, -0.15) is 0 Å². The van der Waals surface area contributed by atoms with E-state index in [-0.39, 0.29) is 11.9 Å². The van der Waals surface area contributed by atoms with E-state index in [2.05, 4.69) is 17.3 Å². The molecule has 0 saturated heterocycles. The van der Waals surface area contributed by atoms with Crippen LogP contribution < -0.4 is 10.1 Å². The first-order valence-electron chi connectivity index (χ1n) is 6.91. The van der Waals surface area contributed by atoms with Crippen molar-refractivity contribution in [2.24, 2.45) is 0 Å². The van der Waals surface area contributed by atoms with Crippen molar-refractivity contribution >= 4 is 0 Å². The van der Waals surface area contributed by atoms with Gasteiger partial charge in [0.2, 0.25) is 0 Å². The van der Waals surface area contributed by atoms with Crippen molar-refractivity contribution in [3.63, 3.8) is 0 Å². The summed E-state index contributed by atoms with van der Waals surface area (Å²) in [7, 11) is 3.99. The molecule has 106 valence electrons. The Balaban J connectivity index is 1.94. The highest BCUT2D eigenvalue weighted by molar-refractivity contribution is 5.36. The maximum atomic E-state index is 13.3. The lowest BCUT2D eigenvalue weighted by molar-refractivity contribution is 0.229. The average Bonchev–Trinajstić information content (AvgIpc) is 3.23. The standard InChI is InChI=1S/C15H23FN2O/c1-11(17-2)14-10-12(16)4-7-15(14)19-9-8-18(3)13-5-6-13/h4,7,10-11,13,17H,5-6,8-9H2,1-3H3. The fraction of sp³-hybridized carbons (Fsp3) is 0.600. The monoisotopic (exact) mass is 266 g/mol. The molecule has 0 aliphatic heterocycles. The van der Waals surface area contributed by atoms with Gasteiger partial charge < -0.3 is 15.0 Å². The fourth-order valence-electron chi connectivity index (χ4n) is 2.14. The number of benzene rings is 1. The van der Waals surface area contributed by atoms with Gasteiger partial charge in [0.1, 0.15) is 18.2 Å². The second-order valence-corrected chi connectivity index (χ2v) is 5.25. The van der Waals surface area contributed by atoms with Crippen LogP contribution in [-0.4, -0.2) is 38.2 Å². The fourth-order valence-corrected chi connectivity index (χ4v) is 2.14. The summed E-state index contributed by atoms with van der Waals surface area (Å²) in [6, 6.07) is 5.53. The molecule has 3 nitrogen and oxygen atoms in total. The van der Waals surface area contributed by atoms with E-state index in [1.165, 1.54) is 18.9 Å². The lowest BCUT2D eigenvalue weighted by Crippen LogP contribution is -2.26. The van der Waals surface area contributed by atoms with Crippen LogP contribution in [0.4, 0.5) is 4.39 Å². The number of nitrogens with zero attached hydrogens (tertiary/aromatic N) is 1. The zero-order valence-corrected chi connectivity index (χ0v) is 11.9. The Hall–Kier alpha value is -1.13. The molecule has 19 heavy (non-hydrogen) atoms. The second-order valence-electron chi connectivity index (χ2n) is 5.25. The summed E-state index contributed by atoms with van der Waals surface area (Å²) in [5.74, 6) is 0.548. The zero-order chi connectivity index (χ0) is 13.8. The predicted octanol–water partition coefficient (Wildman–Crippen LogP) is 2.58. The van der Waals surface area contributed by atoms with Gasteiger partial charge in [0.05, 0.1) is 0 Å². The van der Waals surface area contributed by atoms with Crippen LogP contribution in [0.2, 0.25) is 0 Å². The summed E-state index contributed by atoms with van der Waals surface area (Å²) in [5.41, 5.74) is 0.872. The van der Waals surface area contributed by atoms with Crippen LogP contribution in [0.5, 0.6) is 5.75 Å². The lowest BCUT2D eigenvalue weighted by Gasteiger charge is -2.19. The number of ether oxygens (including phenoxy) is 1. The van der Waals surface area contributed by atoms with Crippen LogP contribution >= 0.6 is 0 Å². The molecule has 0 heterocycles. The zero-order valence-electron chi connectivity index (χ0n) is 11.9. The topological polar surface area (TPSA) is 24.5 Å². The van der Waals surface area contributed by atoms with Gasteiger partial charge in [-0.3, -0.25) is 0 Å². The minimum atomic E-state index is -0.223. The summed E-state index contributed by atoms with van der Waals surface area (Å²) < 4.78 is 19.1. The Kier molecular flexibility index (Phi) is 4.77. The van der Waals surface area contributed by atoms with E-state index in [0.717, 1.165) is 23.9 Å². The van der Waals surface area contributed by atoms with Crippen molar-refractivity contribution < 1.29 is 9.13 Å². The molecule has 1 atom stereocenters. The molecule has 0 bridgehead atoms. The number of rotatable bonds is 7. The third-order valence-electron chi connectivity index (χ3n) is 3.74. The van der Waals surface area contributed by atoms with Gasteiger partial charge in [-0.05, 0) is 52.1 Å². The normalized spacial score (nSPS) is 16.7. The van der Waals surface area contributed by atoms with Gasteiger partial charge in [-0.25, -0.2) is 4.39 Å². The van der Waals surface area contributed by atoms with Gasteiger partial charge in [-0.15, -0.1) is 0 Å². The Labute approximate surface area is 114 Å². The maximum Gasteiger partial charge on any atom is 0.124 e. The van der Waals surface area contributed by atoms with Crippen LogP contribution in [0, 0.1) is 5.82 Å². The largest absolute Gasteiger partial charge is 0.492 e. The summed E-state index contributed by atoms with van der Waals surface area (Å²) in [5, 5.41) is 3.12. The maximum absolute atomic E-state index is 13.3. The highest BCUT2D eigenvalue weighted by Gasteiger charge is 2.25. The Bertz CT molecular complexity index is 421. The first kappa shape index (κ1) is 14.3. The highest BCUT2D eigenvalue weighted by atomic mass is 19.1. The molecule has 1 aliphatic rings. The molecule has 1 aromatic carbocycles. The number of halogens is 1.